The molecule has 1 N–H and O–H groups in total. The van der Waals surface area contributed by atoms with E-state index in [9.17, 15) is 4.79 Å². The van der Waals surface area contributed by atoms with Gasteiger partial charge in [0.25, 0.3) is 0 Å². The number of carboxylic acid groups (broad SMARTS) is 1. The zero-order valence-corrected chi connectivity index (χ0v) is 9.50. The topological polar surface area (TPSA) is 68.0 Å². The number of rotatable bonds is 3. The summed E-state index contributed by atoms with van der Waals surface area (Å²) < 4.78 is 1.93. The number of aromatic carboxylic acids is 1. The molecule has 1 aliphatic carbocycles. The summed E-state index contributed by atoms with van der Waals surface area (Å²) in [5, 5.41) is 17.1. The molecule has 5 heteroatoms. The van der Waals surface area contributed by atoms with E-state index < -0.39 is 5.97 Å². The summed E-state index contributed by atoms with van der Waals surface area (Å²) >= 11 is 0. The van der Waals surface area contributed by atoms with Crippen molar-refractivity contribution in [2.75, 3.05) is 0 Å². The number of aromatic nitrogens is 3. The molecule has 1 aromatic carbocycles. The minimum absolute atomic E-state index is 0.257. The third kappa shape index (κ3) is 1.58. The van der Waals surface area contributed by atoms with Gasteiger partial charge in [-0.15, -0.1) is 5.10 Å². The number of benzene rings is 1. The molecule has 0 bridgehead atoms. The lowest BCUT2D eigenvalue weighted by molar-refractivity contribution is 0.0697. The van der Waals surface area contributed by atoms with E-state index >= 15 is 0 Å². The lowest BCUT2D eigenvalue weighted by atomic mass is 10.2. The Morgan fingerprint density at radius 2 is 2.41 bits per heavy atom. The van der Waals surface area contributed by atoms with Gasteiger partial charge in [-0.3, -0.25) is 0 Å². The monoisotopic (exact) mass is 231 g/mol. The van der Waals surface area contributed by atoms with E-state index in [1.54, 1.807) is 18.2 Å². The highest BCUT2D eigenvalue weighted by Crippen LogP contribution is 2.46. The standard InChI is InChI=1S/C12H13N3O2/c1-2-7-6-11(7)15-10-4-3-8(12(16)17)5-9(10)13-14-15/h3-5,7,11H,2,6H2,1H3,(H,16,17). The summed E-state index contributed by atoms with van der Waals surface area (Å²) in [7, 11) is 0. The van der Waals surface area contributed by atoms with E-state index in [2.05, 4.69) is 17.2 Å². The Morgan fingerprint density at radius 3 is 3.06 bits per heavy atom. The van der Waals surface area contributed by atoms with E-state index in [0.29, 0.717) is 17.5 Å². The van der Waals surface area contributed by atoms with Gasteiger partial charge in [-0.05, 0) is 30.5 Å². The van der Waals surface area contributed by atoms with Crippen molar-refractivity contribution in [2.24, 2.45) is 5.92 Å². The van der Waals surface area contributed by atoms with Crippen LogP contribution in [0.2, 0.25) is 0 Å². The molecule has 5 nitrogen and oxygen atoms in total. The van der Waals surface area contributed by atoms with E-state index in [0.717, 1.165) is 18.4 Å². The predicted octanol–water partition coefficient (Wildman–Crippen LogP) is 2.10. The molecule has 2 aromatic rings. The summed E-state index contributed by atoms with van der Waals surface area (Å²) in [5.41, 5.74) is 1.84. The molecule has 0 radical (unpaired) electrons. The normalized spacial score (nSPS) is 22.9. The van der Waals surface area contributed by atoms with Crippen molar-refractivity contribution in [1.29, 1.82) is 0 Å². The second kappa shape index (κ2) is 3.55. The first-order chi connectivity index (χ1) is 8.20. The highest BCUT2D eigenvalue weighted by molar-refractivity contribution is 5.92. The van der Waals surface area contributed by atoms with Gasteiger partial charge >= 0.3 is 5.97 Å². The Kier molecular flexibility index (Phi) is 2.14. The summed E-state index contributed by atoms with van der Waals surface area (Å²) in [6.45, 7) is 2.17. The SMILES string of the molecule is CCC1CC1n1nnc2cc(C(=O)O)ccc21. The highest BCUT2D eigenvalue weighted by atomic mass is 16.4. The first kappa shape index (κ1) is 10.3. The maximum atomic E-state index is 10.8. The zero-order chi connectivity index (χ0) is 12.0. The molecule has 0 aliphatic heterocycles. The quantitative estimate of drug-likeness (QED) is 0.878. The van der Waals surface area contributed by atoms with Crippen molar-refractivity contribution < 1.29 is 9.90 Å². The van der Waals surface area contributed by atoms with Crippen molar-refractivity contribution in [3.05, 3.63) is 23.8 Å². The predicted molar refractivity (Wildman–Crippen MR) is 61.9 cm³/mol. The van der Waals surface area contributed by atoms with Crippen LogP contribution in [-0.2, 0) is 0 Å². The molecule has 0 saturated heterocycles. The minimum Gasteiger partial charge on any atom is -0.478 e. The third-order valence-corrected chi connectivity index (χ3v) is 3.44. The van der Waals surface area contributed by atoms with Gasteiger partial charge in [-0.2, -0.15) is 0 Å². The van der Waals surface area contributed by atoms with E-state index in [-0.39, 0.29) is 5.56 Å². The maximum Gasteiger partial charge on any atom is 0.335 e. The molecule has 2 atom stereocenters. The van der Waals surface area contributed by atoms with Gasteiger partial charge in [0.15, 0.2) is 0 Å². The number of nitrogens with zero attached hydrogens (tertiary/aromatic N) is 3. The molecular weight excluding hydrogens is 218 g/mol. The van der Waals surface area contributed by atoms with Gasteiger partial charge in [0.05, 0.1) is 17.1 Å². The molecule has 1 saturated carbocycles. The molecular formula is C12H13N3O2. The Hall–Kier alpha value is -1.91. The van der Waals surface area contributed by atoms with Gasteiger partial charge in [0.2, 0.25) is 0 Å². The van der Waals surface area contributed by atoms with Gasteiger partial charge in [0, 0.05) is 0 Å². The van der Waals surface area contributed by atoms with E-state index in [4.69, 9.17) is 5.11 Å². The molecule has 0 amide bonds. The smallest absolute Gasteiger partial charge is 0.335 e. The van der Waals surface area contributed by atoms with Gasteiger partial charge in [-0.25, -0.2) is 9.48 Å². The Labute approximate surface area is 98.0 Å². The summed E-state index contributed by atoms with van der Waals surface area (Å²) in [5.74, 6) is -0.238. The number of carboxylic acids is 1. The number of hydrogen-bond acceptors (Lipinski definition) is 3. The van der Waals surface area contributed by atoms with Gasteiger partial charge < -0.3 is 5.11 Å². The Balaban J connectivity index is 2.03. The number of hydrogen-bond donors (Lipinski definition) is 1. The van der Waals surface area contributed by atoms with Crippen LogP contribution in [0, 0.1) is 5.92 Å². The molecule has 88 valence electrons. The second-order valence-electron chi connectivity index (χ2n) is 4.51. The first-order valence-electron chi connectivity index (χ1n) is 5.79. The first-order valence-corrected chi connectivity index (χ1v) is 5.79. The molecule has 3 rings (SSSR count). The molecule has 17 heavy (non-hydrogen) atoms. The van der Waals surface area contributed by atoms with Crippen molar-refractivity contribution in [1.82, 2.24) is 15.0 Å². The lowest BCUT2D eigenvalue weighted by Crippen LogP contribution is -1.99. The van der Waals surface area contributed by atoms with Gasteiger partial charge in [-0.1, -0.05) is 18.6 Å². The minimum atomic E-state index is -0.931. The second-order valence-corrected chi connectivity index (χ2v) is 4.51. The average molecular weight is 231 g/mol. The Morgan fingerprint density at radius 1 is 1.59 bits per heavy atom. The van der Waals surface area contributed by atoms with E-state index in [1.807, 2.05) is 4.68 Å². The van der Waals surface area contributed by atoms with Crippen LogP contribution >= 0.6 is 0 Å². The number of carbonyl (C=O) groups is 1. The van der Waals surface area contributed by atoms with Crippen molar-refractivity contribution in [3.8, 4) is 0 Å². The molecule has 0 spiro atoms. The highest BCUT2D eigenvalue weighted by Gasteiger charge is 2.38. The molecule has 1 aliphatic rings. The largest absolute Gasteiger partial charge is 0.478 e. The zero-order valence-electron chi connectivity index (χ0n) is 9.50. The van der Waals surface area contributed by atoms with Crippen molar-refractivity contribution >= 4 is 17.0 Å². The fourth-order valence-corrected chi connectivity index (χ4v) is 2.29. The van der Waals surface area contributed by atoms with Crippen LogP contribution in [0.3, 0.4) is 0 Å². The van der Waals surface area contributed by atoms with Crippen LogP contribution in [0.25, 0.3) is 11.0 Å². The molecule has 1 fully saturated rings. The molecule has 1 aromatic heterocycles. The fourth-order valence-electron chi connectivity index (χ4n) is 2.29. The molecule has 2 unspecified atom stereocenters. The number of fused-ring (bicyclic) bond motifs is 1. The Bertz CT molecular complexity index is 590. The van der Waals surface area contributed by atoms with Crippen LogP contribution in [-0.4, -0.2) is 26.1 Å². The summed E-state index contributed by atoms with van der Waals surface area (Å²) in [4.78, 5) is 10.8. The lowest BCUT2D eigenvalue weighted by Gasteiger charge is -2.00. The van der Waals surface area contributed by atoms with Crippen LogP contribution in [0.1, 0.15) is 36.2 Å². The van der Waals surface area contributed by atoms with Crippen molar-refractivity contribution in [3.63, 3.8) is 0 Å². The van der Waals surface area contributed by atoms with Crippen LogP contribution in [0.4, 0.5) is 0 Å². The summed E-state index contributed by atoms with van der Waals surface area (Å²) in [6.07, 6.45) is 2.30. The van der Waals surface area contributed by atoms with Crippen molar-refractivity contribution in [2.45, 2.75) is 25.8 Å². The fraction of sp³-hybridized carbons (Fsp3) is 0.417. The molecule has 1 heterocycles. The van der Waals surface area contributed by atoms with Gasteiger partial charge in [0.1, 0.15) is 5.52 Å². The maximum absolute atomic E-state index is 10.8. The van der Waals surface area contributed by atoms with Crippen LogP contribution < -0.4 is 0 Å². The van der Waals surface area contributed by atoms with E-state index in [1.165, 1.54) is 0 Å². The third-order valence-electron chi connectivity index (χ3n) is 3.44. The summed E-state index contributed by atoms with van der Waals surface area (Å²) in [6, 6.07) is 5.42. The van der Waals surface area contributed by atoms with Crippen LogP contribution in [0.5, 0.6) is 0 Å². The average Bonchev–Trinajstić information content (AvgIpc) is 2.99. The van der Waals surface area contributed by atoms with Crippen LogP contribution in [0.15, 0.2) is 18.2 Å².